The van der Waals surface area contributed by atoms with Crippen LogP contribution in [-0.4, -0.2) is 38.7 Å². The maximum Gasteiger partial charge on any atom is 0.335 e. The topological polar surface area (TPSA) is 76.7 Å². The quantitative estimate of drug-likeness (QED) is 0.761. The first-order valence-corrected chi connectivity index (χ1v) is 10.0. The van der Waals surface area contributed by atoms with Crippen LogP contribution in [0.25, 0.3) is 0 Å². The molecule has 0 unspecified atom stereocenters. The third-order valence-electron chi connectivity index (χ3n) is 7.11. The Morgan fingerprint density at radius 2 is 2.00 bits per heavy atom. The number of para-hydroxylation sites is 1. The maximum absolute atomic E-state index is 12.8. The molecule has 4 rings (SSSR count). The Hall–Kier alpha value is -2.34. The zero-order chi connectivity index (χ0) is 19.9. The van der Waals surface area contributed by atoms with Crippen molar-refractivity contribution < 1.29 is 19.1 Å². The van der Waals surface area contributed by atoms with E-state index in [-0.39, 0.29) is 28.8 Å². The number of hydrogen-bond donors (Lipinski definition) is 2. The van der Waals surface area contributed by atoms with Crippen LogP contribution in [0.3, 0.4) is 0 Å². The van der Waals surface area contributed by atoms with Crippen molar-refractivity contribution in [2.24, 2.45) is 5.41 Å². The summed E-state index contributed by atoms with van der Waals surface area (Å²) in [5.41, 5.74) is 3.48. The van der Waals surface area contributed by atoms with Crippen molar-refractivity contribution in [3.05, 3.63) is 41.1 Å². The Balaban J connectivity index is 1.89. The Labute approximate surface area is 165 Å². The van der Waals surface area contributed by atoms with Gasteiger partial charge in [-0.25, -0.2) is 4.79 Å². The van der Waals surface area contributed by atoms with Gasteiger partial charge in [-0.2, -0.15) is 0 Å². The van der Waals surface area contributed by atoms with E-state index in [2.05, 4.69) is 35.8 Å². The molecule has 2 aliphatic heterocycles. The van der Waals surface area contributed by atoms with Gasteiger partial charge in [0.05, 0.1) is 25.2 Å². The molecule has 0 radical (unpaired) electrons. The number of hydrogen-bond acceptors (Lipinski definition) is 6. The third kappa shape index (κ3) is 2.50. The van der Waals surface area contributed by atoms with Gasteiger partial charge in [-0.3, -0.25) is 4.79 Å². The van der Waals surface area contributed by atoms with Crippen molar-refractivity contribution in [1.82, 2.24) is 5.32 Å². The molecular formula is C22H28N2O4. The minimum atomic E-state index is -0.287. The molecule has 1 aliphatic carbocycles. The van der Waals surface area contributed by atoms with Crippen LogP contribution >= 0.6 is 0 Å². The van der Waals surface area contributed by atoms with E-state index in [9.17, 15) is 9.59 Å². The minimum Gasteiger partial charge on any atom is -0.469 e. The second-order valence-corrected chi connectivity index (χ2v) is 8.09. The Bertz CT molecular complexity index is 849. The van der Waals surface area contributed by atoms with Crippen molar-refractivity contribution in [1.29, 1.82) is 0 Å². The van der Waals surface area contributed by atoms with Gasteiger partial charge in [0.15, 0.2) is 0 Å². The van der Waals surface area contributed by atoms with Gasteiger partial charge < -0.3 is 20.1 Å². The molecule has 2 heterocycles. The molecular weight excluding hydrogens is 356 g/mol. The van der Waals surface area contributed by atoms with Crippen LogP contribution in [0, 0.1) is 5.41 Å². The van der Waals surface area contributed by atoms with E-state index in [1.54, 1.807) is 0 Å². The van der Waals surface area contributed by atoms with Crippen LogP contribution in [0.15, 0.2) is 35.5 Å². The Kier molecular flexibility index (Phi) is 4.70. The van der Waals surface area contributed by atoms with Crippen molar-refractivity contribution in [3.63, 3.8) is 0 Å². The van der Waals surface area contributed by atoms with Crippen LogP contribution < -0.4 is 10.6 Å². The van der Waals surface area contributed by atoms with Gasteiger partial charge >= 0.3 is 11.9 Å². The van der Waals surface area contributed by atoms with E-state index < -0.39 is 0 Å². The van der Waals surface area contributed by atoms with E-state index in [1.807, 2.05) is 6.07 Å². The first-order valence-electron chi connectivity index (χ1n) is 10.0. The van der Waals surface area contributed by atoms with Crippen LogP contribution in [0.4, 0.5) is 5.69 Å². The number of carbonyl (C=O) groups excluding carboxylic acids is 2. The van der Waals surface area contributed by atoms with Gasteiger partial charge in [0.2, 0.25) is 0 Å². The molecule has 0 amide bonds. The summed E-state index contributed by atoms with van der Waals surface area (Å²) in [4.78, 5) is 24.8. The smallest absolute Gasteiger partial charge is 0.335 e. The van der Waals surface area contributed by atoms with Crippen molar-refractivity contribution in [3.8, 4) is 0 Å². The molecule has 28 heavy (non-hydrogen) atoms. The summed E-state index contributed by atoms with van der Waals surface area (Å²) in [6, 6.07) is 8.45. The molecule has 0 aromatic heterocycles. The number of benzene rings is 1. The minimum absolute atomic E-state index is 0.147. The molecule has 1 aromatic rings. The molecule has 2 N–H and O–H groups in total. The number of anilines is 1. The summed E-state index contributed by atoms with van der Waals surface area (Å²) >= 11 is 0. The molecule has 1 fully saturated rings. The van der Waals surface area contributed by atoms with Gasteiger partial charge in [0.25, 0.3) is 0 Å². The first kappa shape index (κ1) is 19.0. The number of rotatable bonds is 5. The lowest BCUT2D eigenvalue weighted by molar-refractivity contribution is -0.141. The predicted octanol–water partition coefficient (Wildman–Crippen LogP) is 2.89. The zero-order valence-electron chi connectivity index (χ0n) is 16.8. The zero-order valence-corrected chi connectivity index (χ0v) is 16.8. The average molecular weight is 384 g/mol. The molecule has 3 atom stereocenters. The lowest BCUT2D eigenvalue weighted by atomic mass is 9.55. The molecule has 6 heteroatoms. The fourth-order valence-corrected chi connectivity index (χ4v) is 5.77. The second kappa shape index (κ2) is 6.92. The molecule has 6 nitrogen and oxygen atoms in total. The van der Waals surface area contributed by atoms with Gasteiger partial charge in [0.1, 0.15) is 0 Å². The lowest BCUT2D eigenvalue weighted by Gasteiger charge is -2.50. The van der Waals surface area contributed by atoms with Crippen LogP contribution in [-0.2, 0) is 24.5 Å². The third-order valence-corrected chi connectivity index (χ3v) is 7.11. The van der Waals surface area contributed by atoms with E-state index in [4.69, 9.17) is 9.47 Å². The standard InChI is InChI=1S/C22H28N2O4/c1-4-21(10-9-17(25)27-2)13-14(19(26)28-3)18-22(11-12-23-20(21)22)15-7-5-6-8-16(15)24-18/h5-8,20,23-24H,4,9-13H2,1-3H3/t20-,21+,22-/m0/s1. The van der Waals surface area contributed by atoms with Gasteiger partial charge in [0, 0.05) is 23.8 Å². The molecule has 150 valence electrons. The summed E-state index contributed by atoms with van der Waals surface area (Å²) in [6.07, 6.45) is 3.38. The predicted molar refractivity (Wildman–Crippen MR) is 106 cm³/mol. The monoisotopic (exact) mass is 384 g/mol. The Morgan fingerprint density at radius 3 is 2.71 bits per heavy atom. The number of methoxy groups -OCH3 is 2. The highest BCUT2D eigenvalue weighted by Crippen LogP contribution is 2.61. The highest BCUT2D eigenvalue weighted by molar-refractivity contribution is 5.93. The summed E-state index contributed by atoms with van der Waals surface area (Å²) in [5.74, 6) is -0.491. The summed E-state index contributed by atoms with van der Waals surface area (Å²) < 4.78 is 10.1. The summed E-state index contributed by atoms with van der Waals surface area (Å²) in [6.45, 7) is 3.03. The van der Waals surface area contributed by atoms with E-state index in [0.29, 0.717) is 24.8 Å². The molecule has 1 aromatic carbocycles. The van der Waals surface area contributed by atoms with Crippen molar-refractivity contribution in [2.75, 3.05) is 26.1 Å². The fraction of sp³-hybridized carbons (Fsp3) is 0.545. The van der Waals surface area contributed by atoms with Crippen LogP contribution in [0.2, 0.25) is 0 Å². The molecule has 1 spiro atoms. The number of carbonyl (C=O) groups is 2. The van der Waals surface area contributed by atoms with Crippen molar-refractivity contribution >= 4 is 17.6 Å². The molecule has 1 saturated heterocycles. The second-order valence-electron chi connectivity index (χ2n) is 8.09. The van der Waals surface area contributed by atoms with E-state index in [1.165, 1.54) is 19.8 Å². The van der Waals surface area contributed by atoms with Crippen molar-refractivity contribution in [2.45, 2.75) is 50.5 Å². The van der Waals surface area contributed by atoms with Gasteiger partial charge in [-0.1, -0.05) is 25.1 Å². The Morgan fingerprint density at radius 1 is 1.21 bits per heavy atom. The van der Waals surface area contributed by atoms with Crippen LogP contribution in [0.1, 0.15) is 44.6 Å². The molecule has 0 bridgehead atoms. The van der Waals surface area contributed by atoms with E-state index >= 15 is 0 Å². The normalized spacial score (nSPS) is 30.2. The highest BCUT2D eigenvalue weighted by Gasteiger charge is 2.62. The average Bonchev–Trinajstić information content (AvgIpc) is 3.32. The summed E-state index contributed by atoms with van der Waals surface area (Å²) in [5, 5.41) is 7.29. The first-order chi connectivity index (χ1) is 13.5. The lowest BCUT2D eigenvalue weighted by Crippen LogP contribution is -2.56. The maximum atomic E-state index is 12.8. The number of ether oxygens (including phenoxy) is 2. The largest absolute Gasteiger partial charge is 0.469 e. The molecule has 0 saturated carbocycles. The highest BCUT2D eigenvalue weighted by atomic mass is 16.5. The SMILES string of the molecule is CC[C@@]1(CCC(=O)OC)CC(C(=O)OC)=C2Nc3ccccc3[C@@]23CCN[C@@H]13. The van der Waals surface area contributed by atoms with E-state index in [0.717, 1.165) is 30.8 Å². The summed E-state index contributed by atoms with van der Waals surface area (Å²) in [7, 11) is 2.86. The molecule has 3 aliphatic rings. The van der Waals surface area contributed by atoms with Crippen LogP contribution in [0.5, 0.6) is 0 Å². The van der Waals surface area contributed by atoms with Gasteiger partial charge in [-0.05, 0) is 49.3 Å². The number of nitrogens with one attached hydrogen (secondary N) is 2. The fourth-order valence-electron chi connectivity index (χ4n) is 5.77. The van der Waals surface area contributed by atoms with Gasteiger partial charge in [-0.15, -0.1) is 0 Å². The number of esters is 2. The number of fused-ring (bicyclic) bond motifs is 1.